The number of halogens is 1. The van der Waals surface area contributed by atoms with Crippen molar-refractivity contribution in [1.29, 1.82) is 0 Å². The van der Waals surface area contributed by atoms with Crippen LogP contribution in [-0.4, -0.2) is 31.7 Å². The van der Waals surface area contributed by atoms with Gasteiger partial charge in [-0.15, -0.1) is 0 Å². The number of para-hydroxylation sites is 1. The number of methoxy groups -OCH3 is 2. The third-order valence-corrected chi connectivity index (χ3v) is 5.50. The summed E-state index contributed by atoms with van der Waals surface area (Å²) in [6.45, 7) is 0.517. The topological polar surface area (TPSA) is 60.5 Å². The summed E-state index contributed by atoms with van der Waals surface area (Å²) in [6, 6.07) is 22.7. The maximum Gasteiger partial charge on any atom is 0.252 e. The number of carbonyl (C=O) groups excluding carboxylic acids is 1. The Kier molecular flexibility index (Phi) is 6.57. The standard InChI is InChI=1S/C26H23ClN2O3/c1-31-24-12-9-18(15-25(24)32-2)23-16-21(20-5-3-4-6-22(20)29-23)26(30)28-14-13-17-7-10-19(27)11-8-17/h3-12,15-16H,13-14H2,1-2H3,(H,28,30). The van der Waals surface area contributed by atoms with Crippen molar-refractivity contribution in [2.45, 2.75) is 6.42 Å². The maximum atomic E-state index is 13.1. The first-order valence-electron chi connectivity index (χ1n) is 10.2. The number of nitrogens with zero attached hydrogens (tertiary/aromatic N) is 1. The van der Waals surface area contributed by atoms with Gasteiger partial charge in [0.2, 0.25) is 0 Å². The number of fused-ring (bicyclic) bond motifs is 1. The van der Waals surface area contributed by atoms with E-state index in [1.54, 1.807) is 14.2 Å². The molecule has 0 aliphatic carbocycles. The van der Waals surface area contributed by atoms with Crippen molar-refractivity contribution in [2.24, 2.45) is 0 Å². The molecule has 6 heteroatoms. The van der Waals surface area contributed by atoms with Crippen LogP contribution in [0.2, 0.25) is 5.02 Å². The third-order valence-electron chi connectivity index (χ3n) is 5.25. The predicted molar refractivity (Wildman–Crippen MR) is 128 cm³/mol. The lowest BCUT2D eigenvalue weighted by Gasteiger charge is -2.12. The average molecular weight is 447 g/mol. The minimum Gasteiger partial charge on any atom is -0.493 e. The van der Waals surface area contributed by atoms with Gasteiger partial charge in [-0.05, 0) is 54.4 Å². The molecule has 1 heterocycles. The van der Waals surface area contributed by atoms with Crippen LogP contribution in [0.5, 0.6) is 11.5 Å². The van der Waals surface area contributed by atoms with Gasteiger partial charge in [-0.25, -0.2) is 4.98 Å². The Bertz CT molecular complexity index is 1260. The minimum absolute atomic E-state index is 0.140. The molecule has 32 heavy (non-hydrogen) atoms. The molecule has 0 radical (unpaired) electrons. The van der Waals surface area contributed by atoms with Gasteiger partial charge in [-0.3, -0.25) is 4.79 Å². The van der Waals surface area contributed by atoms with E-state index in [4.69, 9.17) is 26.1 Å². The van der Waals surface area contributed by atoms with E-state index in [0.29, 0.717) is 40.7 Å². The zero-order valence-electron chi connectivity index (χ0n) is 17.9. The minimum atomic E-state index is -0.140. The van der Waals surface area contributed by atoms with Gasteiger partial charge in [-0.1, -0.05) is 41.9 Å². The summed E-state index contributed by atoms with van der Waals surface area (Å²) in [7, 11) is 3.19. The summed E-state index contributed by atoms with van der Waals surface area (Å²) in [6.07, 6.45) is 0.717. The molecule has 0 saturated carbocycles. The fourth-order valence-corrected chi connectivity index (χ4v) is 3.70. The van der Waals surface area contributed by atoms with Crippen LogP contribution in [0.4, 0.5) is 0 Å². The Morgan fingerprint density at radius 1 is 0.938 bits per heavy atom. The van der Waals surface area contributed by atoms with Crippen LogP contribution in [0.3, 0.4) is 0 Å². The first-order chi connectivity index (χ1) is 15.6. The van der Waals surface area contributed by atoms with Crippen molar-refractivity contribution in [3.05, 3.63) is 88.9 Å². The Hall–Kier alpha value is -3.57. The van der Waals surface area contributed by atoms with Crippen LogP contribution >= 0.6 is 11.6 Å². The van der Waals surface area contributed by atoms with E-state index in [0.717, 1.165) is 22.0 Å². The van der Waals surface area contributed by atoms with Crippen LogP contribution in [0, 0.1) is 0 Å². The summed E-state index contributed by atoms with van der Waals surface area (Å²) < 4.78 is 10.8. The normalized spacial score (nSPS) is 10.7. The predicted octanol–water partition coefficient (Wildman–Crippen LogP) is 5.54. The van der Waals surface area contributed by atoms with Gasteiger partial charge >= 0.3 is 0 Å². The molecular weight excluding hydrogens is 424 g/mol. The average Bonchev–Trinajstić information content (AvgIpc) is 2.84. The zero-order valence-corrected chi connectivity index (χ0v) is 18.6. The number of carbonyl (C=O) groups is 1. The Balaban J connectivity index is 1.63. The lowest BCUT2D eigenvalue weighted by Crippen LogP contribution is -2.26. The van der Waals surface area contributed by atoms with Gasteiger partial charge in [-0.2, -0.15) is 0 Å². The number of nitrogens with one attached hydrogen (secondary N) is 1. The molecule has 0 aliphatic rings. The summed E-state index contributed by atoms with van der Waals surface area (Å²) in [4.78, 5) is 17.9. The van der Waals surface area contributed by atoms with Crippen LogP contribution < -0.4 is 14.8 Å². The van der Waals surface area contributed by atoms with Crippen molar-refractivity contribution < 1.29 is 14.3 Å². The van der Waals surface area contributed by atoms with Crippen molar-refractivity contribution in [2.75, 3.05) is 20.8 Å². The van der Waals surface area contributed by atoms with Crippen molar-refractivity contribution >= 4 is 28.4 Å². The van der Waals surface area contributed by atoms with Crippen molar-refractivity contribution in [1.82, 2.24) is 10.3 Å². The third kappa shape index (κ3) is 4.68. The van der Waals surface area contributed by atoms with Crippen LogP contribution in [0.25, 0.3) is 22.2 Å². The van der Waals surface area contributed by atoms with E-state index in [-0.39, 0.29) is 5.91 Å². The van der Waals surface area contributed by atoms with Crippen molar-refractivity contribution in [3.8, 4) is 22.8 Å². The van der Waals surface area contributed by atoms with Crippen molar-refractivity contribution in [3.63, 3.8) is 0 Å². The monoisotopic (exact) mass is 446 g/mol. The SMILES string of the molecule is COc1ccc(-c2cc(C(=O)NCCc3ccc(Cl)cc3)c3ccccc3n2)cc1OC. The van der Waals surface area contributed by atoms with Crippen LogP contribution in [-0.2, 0) is 6.42 Å². The fraction of sp³-hybridized carbons (Fsp3) is 0.154. The molecule has 162 valence electrons. The molecule has 0 atom stereocenters. The molecule has 0 saturated heterocycles. The molecule has 4 aromatic rings. The molecule has 1 N–H and O–H groups in total. The second-order valence-corrected chi connectivity index (χ2v) is 7.71. The number of aromatic nitrogens is 1. The number of hydrogen-bond donors (Lipinski definition) is 1. The maximum absolute atomic E-state index is 13.1. The second-order valence-electron chi connectivity index (χ2n) is 7.27. The highest BCUT2D eigenvalue weighted by molar-refractivity contribution is 6.30. The lowest BCUT2D eigenvalue weighted by atomic mass is 10.0. The van der Waals surface area contributed by atoms with Gasteiger partial charge < -0.3 is 14.8 Å². The highest BCUT2D eigenvalue weighted by Gasteiger charge is 2.15. The fourth-order valence-electron chi connectivity index (χ4n) is 3.57. The van der Waals surface area contributed by atoms with Gasteiger partial charge in [0.25, 0.3) is 5.91 Å². The molecule has 3 aromatic carbocycles. The van der Waals surface area contributed by atoms with Gasteiger partial charge in [0, 0.05) is 22.5 Å². The summed E-state index contributed by atoms with van der Waals surface area (Å²) in [5.74, 6) is 1.10. The number of pyridine rings is 1. The zero-order chi connectivity index (χ0) is 22.5. The van der Waals surface area contributed by atoms with E-state index < -0.39 is 0 Å². The van der Waals surface area contributed by atoms with Gasteiger partial charge in [0.15, 0.2) is 11.5 Å². The Labute approximate surface area is 192 Å². The number of amides is 1. The van der Waals surface area contributed by atoms with Gasteiger partial charge in [0.1, 0.15) is 0 Å². The summed E-state index contributed by atoms with van der Waals surface area (Å²) in [5, 5.41) is 4.53. The van der Waals surface area contributed by atoms with Crippen LogP contribution in [0.1, 0.15) is 15.9 Å². The summed E-state index contributed by atoms with van der Waals surface area (Å²) >= 11 is 5.94. The van der Waals surface area contributed by atoms with E-state index in [2.05, 4.69) is 5.32 Å². The van der Waals surface area contributed by atoms with E-state index in [1.165, 1.54) is 0 Å². The molecule has 5 nitrogen and oxygen atoms in total. The number of rotatable bonds is 7. The Morgan fingerprint density at radius 3 is 2.44 bits per heavy atom. The molecule has 4 rings (SSSR count). The van der Waals surface area contributed by atoms with Gasteiger partial charge in [0.05, 0.1) is 31.0 Å². The lowest BCUT2D eigenvalue weighted by molar-refractivity contribution is 0.0955. The molecule has 0 aliphatic heterocycles. The van der Waals surface area contributed by atoms with Crippen LogP contribution in [0.15, 0.2) is 72.8 Å². The summed E-state index contributed by atoms with van der Waals surface area (Å²) in [5.41, 5.74) is 3.97. The second kappa shape index (κ2) is 9.71. The first kappa shape index (κ1) is 21.7. The number of hydrogen-bond acceptors (Lipinski definition) is 4. The Morgan fingerprint density at radius 2 is 1.69 bits per heavy atom. The molecule has 1 amide bonds. The highest BCUT2D eigenvalue weighted by Crippen LogP contribution is 2.33. The van der Waals surface area contributed by atoms with E-state index in [9.17, 15) is 4.79 Å². The van der Waals surface area contributed by atoms with E-state index in [1.807, 2.05) is 72.8 Å². The molecule has 0 unspecified atom stereocenters. The number of ether oxygens (including phenoxy) is 2. The molecule has 1 aromatic heterocycles. The molecular formula is C26H23ClN2O3. The molecule has 0 spiro atoms. The number of benzene rings is 3. The smallest absolute Gasteiger partial charge is 0.252 e. The highest BCUT2D eigenvalue weighted by atomic mass is 35.5. The molecule has 0 fully saturated rings. The largest absolute Gasteiger partial charge is 0.493 e. The first-order valence-corrected chi connectivity index (χ1v) is 10.6. The van der Waals surface area contributed by atoms with E-state index >= 15 is 0 Å². The molecule has 0 bridgehead atoms. The quantitative estimate of drug-likeness (QED) is 0.404.